The van der Waals surface area contributed by atoms with Crippen molar-refractivity contribution in [2.75, 3.05) is 32.8 Å². The minimum Gasteiger partial charge on any atom is -0.493 e. The lowest BCUT2D eigenvalue weighted by Crippen LogP contribution is -2.57. The molecule has 5 rings (SSSR count). The van der Waals surface area contributed by atoms with Gasteiger partial charge >= 0.3 is 0 Å². The summed E-state index contributed by atoms with van der Waals surface area (Å²) in [6.07, 6.45) is 6.81. The second-order valence-corrected chi connectivity index (χ2v) is 8.21. The SMILES string of the molecule is CCCN1CCc2[nH]cnc2C12CCN(C(=O)c1ccc3c(c1)CCO3)CC2. The van der Waals surface area contributed by atoms with E-state index in [0.29, 0.717) is 0 Å². The van der Waals surface area contributed by atoms with Gasteiger partial charge in [0, 0.05) is 43.7 Å². The maximum Gasteiger partial charge on any atom is 0.253 e. The standard InChI is InChI=1S/C22H28N4O2/c1-2-9-26-10-5-18-20(24-15-23-18)22(26)7-11-25(12-8-22)21(27)17-3-4-19-16(14-17)6-13-28-19/h3-4,14-15H,2,5-13H2,1H3,(H,23,24). The molecule has 0 radical (unpaired) electrons. The van der Waals surface area contributed by atoms with Crippen LogP contribution in [0.3, 0.4) is 0 Å². The lowest BCUT2D eigenvalue weighted by molar-refractivity contribution is 0.00708. The highest BCUT2D eigenvalue weighted by Crippen LogP contribution is 2.42. The molecular formula is C22H28N4O2. The zero-order valence-corrected chi connectivity index (χ0v) is 16.5. The van der Waals surface area contributed by atoms with E-state index in [0.717, 1.165) is 81.8 Å². The first-order valence-corrected chi connectivity index (χ1v) is 10.5. The predicted molar refractivity (Wildman–Crippen MR) is 107 cm³/mol. The number of ether oxygens (including phenoxy) is 1. The van der Waals surface area contributed by atoms with Gasteiger partial charge in [-0.05, 0) is 49.6 Å². The van der Waals surface area contributed by atoms with E-state index in [1.807, 2.05) is 29.4 Å². The van der Waals surface area contributed by atoms with E-state index in [1.54, 1.807) is 0 Å². The summed E-state index contributed by atoms with van der Waals surface area (Å²) in [4.78, 5) is 25.8. The Kier molecular flexibility index (Phi) is 4.38. The largest absolute Gasteiger partial charge is 0.493 e. The highest BCUT2D eigenvalue weighted by Gasteiger charge is 2.46. The first-order chi connectivity index (χ1) is 13.7. The van der Waals surface area contributed by atoms with E-state index < -0.39 is 0 Å². The van der Waals surface area contributed by atoms with Crippen molar-refractivity contribution in [2.24, 2.45) is 0 Å². The molecule has 0 unspecified atom stereocenters. The topological polar surface area (TPSA) is 61.5 Å². The van der Waals surface area contributed by atoms with Crippen LogP contribution in [0.4, 0.5) is 0 Å². The molecule has 0 atom stereocenters. The van der Waals surface area contributed by atoms with Crippen LogP contribution in [0.25, 0.3) is 0 Å². The Morgan fingerprint density at radius 1 is 1.25 bits per heavy atom. The maximum atomic E-state index is 13.1. The third-order valence-electron chi connectivity index (χ3n) is 6.70. The number of nitrogens with zero attached hydrogens (tertiary/aromatic N) is 3. The van der Waals surface area contributed by atoms with E-state index in [9.17, 15) is 4.79 Å². The molecule has 0 saturated carbocycles. The molecule has 4 heterocycles. The molecule has 28 heavy (non-hydrogen) atoms. The van der Waals surface area contributed by atoms with Gasteiger partial charge in [0.05, 0.1) is 24.2 Å². The van der Waals surface area contributed by atoms with Crippen molar-refractivity contribution >= 4 is 5.91 Å². The number of hydrogen-bond acceptors (Lipinski definition) is 4. The van der Waals surface area contributed by atoms with Gasteiger partial charge in [0.1, 0.15) is 5.75 Å². The molecule has 1 spiro atoms. The number of carbonyl (C=O) groups is 1. The smallest absolute Gasteiger partial charge is 0.253 e. The van der Waals surface area contributed by atoms with Crippen molar-refractivity contribution in [3.05, 3.63) is 47.0 Å². The Bertz CT molecular complexity index is 882. The molecule has 1 amide bonds. The van der Waals surface area contributed by atoms with Crippen LogP contribution in [-0.2, 0) is 18.4 Å². The molecule has 3 aliphatic heterocycles. The van der Waals surface area contributed by atoms with Gasteiger partial charge in [-0.3, -0.25) is 9.69 Å². The first kappa shape index (κ1) is 17.7. The molecule has 148 valence electrons. The molecule has 2 aromatic rings. The first-order valence-electron chi connectivity index (χ1n) is 10.5. The van der Waals surface area contributed by atoms with Gasteiger partial charge in [-0.15, -0.1) is 0 Å². The number of H-pyrrole nitrogens is 1. The Labute approximate surface area is 165 Å². The number of likely N-dealkylation sites (tertiary alicyclic amines) is 1. The minimum absolute atomic E-state index is 0.0217. The average Bonchev–Trinajstić information content (AvgIpc) is 3.39. The molecule has 6 nitrogen and oxygen atoms in total. The highest BCUT2D eigenvalue weighted by molar-refractivity contribution is 5.94. The number of piperidine rings is 1. The van der Waals surface area contributed by atoms with E-state index in [-0.39, 0.29) is 11.4 Å². The lowest BCUT2D eigenvalue weighted by Gasteiger charge is -2.50. The van der Waals surface area contributed by atoms with E-state index >= 15 is 0 Å². The molecular weight excluding hydrogens is 352 g/mol. The number of benzene rings is 1. The van der Waals surface area contributed by atoms with Crippen LogP contribution in [0.15, 0.2) is 24.5 Å². The average molecular weight is 380 g/mol. The Morgan fingerprint density at radius 3 is 2.93 bits per heavy atom. The van der Waals surface area contributed by atoms with Crippen molar-refractivity contribution in [3.63, 3.8) is 0 Å². The van der Waals surface area contributed by atoms with Gasteiger partial charge in [0.2, 0.25) is 0 Å². The zero-order valence-electron chi connectivity index (χ0n) is 16.5. The van der Waals surface area contributed by atoms with Crippen molar-refractivity contribution in [3.8, 4) is 5.75 Å². The number of imidazole rings is 1. The number of nitrogens with one attached hydrogen (secondary N) is 1. The minimum atomic E-state index is -0.0217. The number of aromatic amines is 1. The third kappa shape index (κ3) is 2.73. The fraction of sp³-hybridized carbons (Fsp3) is 0.545. The third-order valence-corrected chi connectivity index (χ3v) is 6.70. The van der Waals surface area contributed by atoms with Crippen LogP contribution < -0.4 is 4.74 Å². The van der Waals surface area contributed by atoms with E-state index in [4.69, 9.17) is 9.72 Å². The zero-order chi connectivity index (χ0) is 19.1. The van der Waals surface area contributed by atoms with Crippen LogP contribution >= 0.6 is 0 Å². The van der Waals surface area contributed by atoms with E-state index in [1.165, 1.54) is 11.4 Å². The molecule has 6 heteroatoms. The lowest BCUT2D eigenvalue weighted by atomic mass is 9.78. The summed E-state index contributed by atoms with van der Waals surface area (Å²) in [5.74, 6) is 1.07. The molecule has 1 saturated heterocycles. The van der Waals surface area contributed by atoms with Crippen LogP contribution in [0.2, 0.25) is 0 Å². The Balaban J connectivity index is 1.36. The number of fused-ring (bicyclic) bond motifs is 3. The summed E-state index contributed by atoms with van der Waals surface area (Å²) < 4.78 is 5.57. The van der Waals surface area contributed by atoms with Crippen LogP contribution in [0, 0.1) is 0 Å². The molecule has 3 aliphatic rings. The van der Waals surface area contributed by atoms with Crippen LogP contribution in [0.1, 0.15) is 53.5 Å². The van der Waals surface area contributed by atoms with E-state index in [2.05, 4.69) is 16.8 Å². The normalized spacial score (nSPS) is 20.7. The maximum absolute atomic E-state index is 13.1. The Hall–Kier alpha value is -2.34. The van der Waals surface area contributed by atoms with Crippen molar-refractivity contribution in [1.82, 2.24) is 19.8 Å². The van der Waals surface area contributed by atoms with Gasteiger partial charge < -0.3 is 14.6 Å². The van der Waals surface area contributed by atoms with Gasteiger partial charge in [-0.25, -0.2) is 4.98 Å². The van der Waals surface area contributed by atoms with Gasteiger partial charge in [-0.1, -0.05) is 6.92 Å². The number of hydrogen-bond donors (Lipinski definition) is 1. The van der Waals surface area contributed by atoms with Gasteiger partial charge in [0.15, 0.2) is 0 Å². The molecule has 1 fully saturated rings. The molecule has 1 aromatic carbocycles. The summed E-state index contributed by atoms with van der Waals surface area (Å²) in [5.41, 5.74) is 4.42. The van der Waals surface area contributed by atoms with Crippen molar-refractivity contribution in [2.45, 2.75) is 44.6 Å². The second-order valence-electron chi connectivity index (χ2n) is 8.21. The molecule has 1 N–H and O–H groups in total. The predicted octanol–water partition coefficient (Wildman–Crippen LogP) is 2.74. The van der Waals surface area contributed by atoms with Gasteiger partial charge in [-0.2, -0.15) is 0 Å². The fourth-order valence-electron chi connectivity index (χ4n) is 5.25. The summed E-state index contributed by atoms with van der Waals surface area (Å²) in [5, 5.41) is 0. The summed E-state index contributed by atoms with van der Waals surface area (Å²) >= 11 is 0. The number of carbonyl (C=O) groups excluding carboxylic acids is 1. The molecule has 0 bridgehead atoms. The van der Waals surface area contributed by atoms with Crippen LogP contribution in [-0.4, -0.2) is 58.5 Å². The Morgan fingerprint density at radius 2 is 2.11 bits per heavy atom. The fourth-order valence-corrected chi connectivity index (χ4v) is 5.25. The summed E-state index contributed by atoms with van der Waals surface area (Å²) in [7, 11) is 0. The number of rotatable bonds is 3. The van der Waals surface area contributed by atoms with Gasteiger partial charge in [0.25, 0.3) is 5.91 Å². The van der Waals surface area contributed by atoms with Crippen LogP contribution in [0.5, 0.6) is 5.75 Å². The second kappa shape index (κ2) is 6.92. The van der Waals surface area contributed by atoms with Crippen molar-refractivity contribution in [1.29, 1.82) is 0 Å². The number of aromatic nitrogens is 2. The summed E-state index contributed by atoms with van der Waals surface area (Å²) in [6.45, 7) is 6.67. The summed E-state index contributed by atoms with van der Waals surface area (Å²) in [6, 6.07) is 5.87. The van der Waals surface area contributed by atoms with Crippen molar-refractivity contribution < 1.29 is 9.53 Å². The molecule has 1 aromatic heterocycles. The number of amides is 1. The monoisotopic (exact) mass is 380 g/mol. The molecule has 0 aliphatic carbocycles. The quantitative estimate of drug-likeness (QED) is 0.889. The highest BCUT2D eigenvalue weighted by atomic mass is 16.5.